The number of nitrogens with zero attached hydrogens (tertiary/aromatic N) is 5. The number of halogens is 1. The SMILES string of the molecule is CN(CCCF)C(=O)OCc1c(-c2ccc(O[C@H]3CCC[C@H](C(=O)O)C3)c(C3CC3)n2)nnn1C. The van der Waals surface area contributed by atoms with E-state index in [1.165, 1.54) is 4.90 Å². The van der Waals surface area contributed by atoms with E-state index in [1.807, 2.05) is 6.07 Å². The van der Waals surface area contributed by atoms with Gasteiger partial charge in [-0.2, -0.15) is 0 Å². The van der Waals surface area contributed by atoms with E-state index < -0.39 is 18.7 Å². The third-order valence-electron chi connectivity index (χ3n) is 6.58. The van der Waals surface area contributed by atoms with Crippen molar-refractivity contribution in [2.24, 2.45) is 13.0 Å². The van der Waals surface area contributed by atoms with Crippen LogP contribution in [0.5, 0.6) is 5.75 Å². The average molecular weight is 490 g/mol. The second-order valence-electron chi connectivity index (χ2n) is 9.32. The number of alkyl halides is 1. The number of carboxylic acid groups (broad SMARTS) is 1. The van der Waals surface area contributed by atoms with E-state index in [-0.39, 0.29) is 31.6 Å². The first-order chi connectivity index (χ1) is 16.9. The van der Waals surface area contributed by atoms with Crippen LogP contribution in [0.2, 0.25) is 0 Å². The number of carboxylic acids is 1. The number of hydrogen-bond acceptors (Lipinski definition) is 7. The highest BCUT2D eigenvalue weighted by Crippen LogP contribution is 2.44. The Hall–Kier alpha value is -3.24. The topological polar surface area (TPSA) is 120 Å². The van der Waals surface area contributed by atoms with Gasteiger partial charge in [-0.15, -0.1) is 5.10 Å². The summed E-state index contributed by atoms with van der Waals surface area (Å²) in [5.41, 5.74) is 2.57. The van der Waals surface area contributed by atoms with Gasteiger partial charge in [0, 0.05) is 26.6 Å². The lowest BCUT2D eigenvalue weighted by atomic mass is 9.87. The molecule has 190 valence electrons. The predicted molar refractivity (Wildman–Crippen MR) is 124 cm³/mol. The van der Waals surface area contributed by atoms with Gasteiger partial charge in [0.25, 0.3) is 0 Å². The molecule has 0 saturated heterocycles. The summed E-state index contributed by atoms with van der Waals surface area (Å²) in [6.07, 6.45) is 4.45. The van der Waals surface area contributed by atoms with Crippen LogP contribution in [0.3, 0.4) is 0 Å². The number of rotatable bonds is 10. The molecule has 10 nitrogen and oxygen atoms in total. The molecule has 2 aromatic rings. The van der Waals surface area contributed by atoms with E-state index in [0.717, 1.165) is 31.4 Å². The van der Waals surface area contributed by atoms with E-state index in [2.05, 4.69) is 10.3 Å². The molecule has 0 spiro atoms. The molecule has 2 atom stereocenters. The zero-order valence-corrected chi connectivity index (χ0v) is 20.2. The lowest BCUT2D eigenvalue weighted by Crippen LogP contribution is -2.29. The van der Waals surface area contributed by atoms with Crippen LogP contribution in [0.25, 0.3) is 11.4 Å². The summed E-state index contributed by atoms with van der Waals surface area (Å²) >= 11 is 0. The van der Waals surface area contributed by atoms with Crippen molar-refractivity contribution < 1.29 is 28.6 Å². The van der Waals surface area contributed by atoms with Crippen LogP contribution in [0.1, 0.15) is 62.3 Å². The van der Waals surface area contributed by atoms with Gasteiger partial charge in [-0.3, -0.25) is 9.18 Å². The van der Waals surface area contributed by atoms with E-state index in [1.54, 1.807) is 24.8 Å². The summed E-state index contributed by atoms with van der Waals surface area (Å²) in [5, 5.41) is 17.7. The smallest absolute Gasteiger partial charge is 0.409 e. The van der Waals surface area contributed by atoms with Crippen molar-refractivity contribution in [2.45, 2.75) is 63.6 Å². The predicted octanol–water partition coefficient (Wildman–Crippen LogP) is 3.70. The molecular formula is C24H32FN5O5. The maximum Gasteiger partial charge on any atom is 0.409 e. The zero-order chi connectivity index (χ0) is 24.9. The van der Waals surface area contributed by atoms with Crippen LogP contribution < -0.4 is 4.74 Å². The van der Waals surface area contributed by atoms with Gasteiger partial charge in [0.15, 0.2) is 0 Å². The molecular weight excluding hydrogens is 457 g/mol. The maximum absolute atomic E-state index is 12.4. The lowest BCUT2D eigenvalue weighted by Gasteiger charge is -2.28. The number of amides is 1. The van der Waals surface area contributed by atoms with Gasteiger partial charge < -0.3 is 19.5 Å². The molecule has 4 rings (SSSR count). The molecule has 2 aliphatic carbocycles. The number of aryl methyl sites for hydroxylation is 1. The fourth-order valence-corrected chi connectivity index (χ4v) is 4.36. The van der Waals surface area contributed by atoms with Crippen LogP contribution in [0.15, 0.2) is 12.1 Å². The second-order valence-corrected chi connectivity index (χ2v) is 9.32. The quantitative estimate of drug-likeness (QED) is 0.536. The van der Waals surface area contributed by atoms with E-state index in [9.17, 15) is 19.1 Å². The Morgan fingerprint density at radius 1 is 1.26 bits per heavy atom. The summed E-state index contributed by atoms with van der Waals surface area (Å²) < 4.78 is 25.6. The van der Waals surface area contributed by atoms with Gasteiger partial charge >= 0.3 is 12.1 Å². The fourth-order valence-electron chi connectivity index (χ4n) is 4.36. The van der Waals surface area contributed by atoms with Crippen molar-refractivity contribution >= 4 is 12.1 Å². The maximum atomic E-state index is 12.4. The molecule has 1 amide bonds. The largest absolute Gasteiger partial charge is 0.488 e. The van der Waals surface area contributed by atoms with Gasteiger partial charge in [0.2, 0.25) is 0 Å². The van der Waals surface area contributed by atoms with Crippen molar-refractivity contribution in [3.63, 3.8) is 0 Å². The standard InChI is InChI=1S/C24H32FN5O5/c1-29(12-4-11-25)24(33)34-14-19-22(27-28-30(19)2)18-9-10-20(21(26-18)15-7-8-15)35-17-6-3-5-16(13-17)23(31)32/h9-10,15-17H,3-8,11-14H2,1-2H3,(H,31,32)/t16-,17-/m0/s1. The van der Waals surface area contributed by atoms with Gasteiger partial charge in [-0.1, -0.05) is 5.21 Å². The summed E-state index contributed by atoms with van der Waals surface area (Å²) in [5.74, 6) is -0.144. The van der Waals surface area contributed by atoms with Crippen molar-refractivity contribution in [1.82, 2.24) is 24.9 Å². The number of hydrogen-bond donors (Lipinski definition) is 1. The van der Waals surface area contributed by atoms with Crippen LogP contribution in [0, 0.1) is 5.92 Å². The van der Waals surface area contributed by atoms with Crippen LogP contribution in [-0.4, -0.2) is 68.4 Å². The summed E-state index contributed by atoms with van der Waals surface area (Å²) in [7, 11) is 3.28. The third-order valence-corrected chi connectivity index (χ3v) is 6.58. The highest BCUT2D eigenvalue weighted by atomic mass is 19.1. The highest BCUT2D eigenvalue weighted by Gasteiger charge is 2.33. The lowest BCUT2D eigenvalue weighted by molar-refractivity contribution is -0.143. The van der Waals surface area contributed by atoms with Crippen LogP contribution in [0.4, 0.5) is 9.18 Å². The fraction of sp³-hybridized carbons (Fsp3) is 0.625. The Morgan fingerprint density at radius 3 is 2.77 bits per heavy atom. The molecule has 0 aliphatic heterocycles. The number of aliphatic carboxylic acids is 1. The molecule has 2 saturated carbocycles. The first kappa shape index (κ1) is 24.9. The molecule has 2 aromatic heterocycles. The Bertz CT molecular complexity index is 1060. The second kappa shape index (κ2) is 11.0. The van der Waals surface area contributed by atoms with E-state index in [0.29, 0.717) is 41.6 Å². The van der Waals surface area contributed by atoms with Gasteiger partial charge in [-0.05, 0) is 57.1 Å². The van der Waals surface area contributed by atoms with Crippen molar-refractivity contribution in [2.75, 3.05) is 20.3 Å². The number of carbonyl (C=O) groups is 2. The summed E-state index contributed by atoms with van der Waals surface area (Å²) in [6.45, 7) is -0.272. The van der Waals surface area contributed by atoms with Crippen LogP contribution >= 0.6 is 0 Å². The molecule has 1 N–H and O–H groups in total. The first-order valence-electron chi connectivity index (χ1n) is 12.1. The molecule has 0 aromatic carbocycles. The minimum atomic E-state index is -0.765. The molecule has 2 fully saturated rings. The van der Waals surface area contributed by atoms with Gasteiger partial charge in [-0.25, -0.2) is 14.5 Å². The monoisotopic (exact) mass is 489 g/mol. The molecule has 0 radical (unpaired) electrons. The summed E-state index contributed by atoms with van der Waals surface area (Å²) in [4.78, 5) is 29.8. The molecule has 2 aliphatic rings. The Labute approximate surface area is 203 Å². The molecule has 35 heavy (non-hydrogen) atoms. The van der Waals surface area contributed by atoms with Crippen molar-refractivity contribution in [3.05, 3.63) is 23.5 Å². The van der Waals surface area contributed by atoms with E-state index >= 15 is 0 Å². The first-order valence-corrected chi connectivity index (χ1v) is 12.1. The number of aromatic nitrogens is 4. The van der Waals surface area contributed by atoms with E-state index in [4.69, 9.17) is 14.5 Å². The minimum Gasteiger partial charge on any atom is -0.488 e. The van der Waals surface area contributed by atoms with Crippen molar-refractivity contribution in [3.8, 4) is 17.1 Å². The van der Waals surface area contributed by atoms with Gasteiger partial charge in [0.1, 0.15) is 23.7 Å². The zero-order valence-electron chi connectivity index (χ0n) is 20.2. The minimum absolute atomic E-state index is 0.0467. The molecule has 0 bridgehead atoms. The third kappa shape index (κ3) is 6.07. The number of carbonyl (C=O) groups excluding carboxylic acids is 1. The normalized spacial score (nSPS) is 19.9. The van der Waals surface area contributed by atoms with Crippen molar-refractivity contribution in [1.29, 1.82) is 0 Å². The Morgan fingerprint density at radius 2 is 2.06 bits per heavy atom. The highest BCUT2D eigenvalue weighted by molar-refractivity contribution is 5.70. The number of pyridine rings is 1. The number of ether oxygens (including phenoxy) is 2. The average Bonchev–Trinajstić information content (AvgIpc) is 3.64. The van der Waals surface area contributed by atoms with Crippen LogP contribution in [-0.2, 0) is 23.2 Å². The Kier molecular flexibility index (Phi) is 7.82. The molecule has 0 unspecified atom stereocenters. The Balaban J connectivity index is 1.50. The van der Waals surface area contributed by atoms with Gasteiger partial charge in [0.05, 0.1) is 30.1 Å². The molecule has 11 heteroatoms. The summed E-state index contributed by atoms with van der Waals surface area (Å²) in [6, 6.07) is 3.68. The molecule has 2 heterocycles.